The first-order valence-electron chi connectivity index (χ1n) is 5.54. The minimum Gasteiger partial charge on any atom is -0.338 e. The Hall–Kier alpha value is -2.74. The zero-order valence-electron chi connectivity index (χ0n) is 9.61. The van der Waals surface area contributed by atoms with Crippen molar-refractivity contribution in [2.75, 3.05) is 0 Å². The van der Waals surface area contributed by atoms with Crippen molar-refractivity contribution in [2.45, 2.75) is 0 Å². The van der Waals surface area contributed by atoms with E-state index in [2.05, 4.69) is 9.97 Å². The van der Waals surface area contributed by atoms with Crippen LogP contribution in [-0.4, -0.2) is 9.97 Å². The Balaban J connectivity index is 2.30. The van der Waals surface area contributed by atoms with E-state index < -0.39 is 11.6 Å². The van der Waals surface area contributed by atoms with Crippen molar-refractivity contribution in [3.05, 3.63) is 53.6 Å². The predicted molar refractivity (Wildman–Crippen MR) is 66.2 cm³/mol. The standard InChI is InChI=1S/C14H7F2N3/c15-9-6-5-8(7-17)13(16)12(9)14-18-10-3-1-2-4-11(10)19-14/h1-6H,(H,18,19). The number of hydrogen-bond acceptors (Lipinski definition) is 2. The van der Waals surface area contributed by atoms with Crippen molar-refractivity contribution in [3.63, 3.8) is 0 Å². The molecule has 0 saturated heterocycles. The molecule has 5 heteroatoms. The highest BCUT2D eigenvalue weighted by Gasteiger charge is 2.18. The highest BCUT2D eigenvalue weighted by molar-refractivity contribution is 5.79. The van der Waals surface area contributed by atoms with E-state index in [1.807, 2.05) is 0 Å². The lowest BCUT2D eigenvalue weighted by molar-refractivity contribution is 0.585. The highest BCUT2D eigenvalue weighted by Crippen LogP contribution is 2.27. The fourth-order valence-corrected chi connectivity index (χ4v) is 1.93. The van der Waals surface area contributed by atoms with Crippen molar-refractivity contribution in [1.29, 1.82) is 5.26 Å². The summed E-state index contributed by atoms with van der Waals surface area (Å²) in [5.74, 6) is -1.58. The number of nitrogens with one attached hydrogen (secondary N) is 1. The zero-order valence-corrected chi connectivity index (χ0v) is 9.61. The van der Waals surface area contributed by atoms with E-state index in [4.69, 9.17) is 5.26 Å². The third kappa shape index (κ3) is 1.74. The van der Waals surface area contributed by atoms with Gasteiger partial charge in [0, 0.05) is 0 Å². The lowest BCUT2D eigenvalue weighted by Gasteiger charge is -2.02. The summed E-state index contributed by atoms with van der Waals surface area (Å²) in [7, 11) is 0. The van der Waals surface area contributed by atoms with Gasteiger partial charge in [0.25, 0.3) is 0 Å². The maximum Gasteiger partial charge on any atom is 0.154 e. The molecule has 0 radical (unpaired) electrons. The third-order valence-corrected chi connectivity index (χ3v) is 2.84. The number of hydrogen-bond donors (Lipinski definition) is 1. The average molecular weight is 255 g/mol. The highest BCUT2D eigenvalue weighted by atomic mass is 19.1. The summed E-state index contributed by atoms with van der Waals surface area (Å²) in [5, 5.41) is 8.78. The van der Waals surface area contributed by atoms with E-state index >= 15 is 0 Å². The van der Waals surface area contributed by atoms with Gasteiger partial charge in [-0.2, -0.15) is 5.26 Å². The van der Waals surface area contributed by atoms with Crippen LogP contribution in [0, 0.1) is 23.0 Å². The van der Waals surface area contributed by atoms with Crippen molar-refractivity contribution < 1.29 is 8.78 Å². The summed E-state index contributed by atoms with van der Waals surface area (Å²) < 4.78 is 27.8. The number of halogens is 2. The average Bonchev–Trinajstić information content (AvgIpc) is 2.82. The Labute approximate surface area is 107 Å². The second-order valence-corrected chi connectivity index (χ2v) is 4.00. The Morgan fingerprint density at radius 3 is 2.63 bits per heavy atom. The summed E-state index contributed by atoms with van der Waals surface area (Å²) in [6.07, 6.45) is 0. The quantitative estimate of drug-likeness (QED) is 0.724. The monoisotopic (exact) mass is 255 g/mol. The lowest BCUT2D eigenvalue weighted by Crippen LogP contribution is -1.95. The number of aromatic amines is 1. The first-order valence-corrected chi connectivity index (χ1v) is 5.54. The molecule has 92 valence electrons. The van der Waals surface area contributed by atoms with Gasteiger partial charge in [-0.3, -0.25) is 0 Å². The van der Waals surface area contributed by atoms with Gasteiger partial charge in [0.05, 0.1) is 22.2 Å². The molecule has 0 aliphatic rings. The molecule has 19 heavy (non-hydrogen) atoms. The van der Waals surface area contributed by atoms with Gasteiger partial charge in [0.1, 0.15) is 17.7 Å². The zero-order chi connectivity index (χ0) is 13.4. The molecule has 1 N–H and O–H groups in total. The second-order valence-electron chi connectivity index (χ2n) is 4.00. The molecule has 3 aromatic rings. The number of nitriles is 1. The molecule has 0 fully saturated rings. The topological polar surface area (TPSA) is 52.5 Å². The van der Waals surface area contributed by atoms with E-state index in [1.54, 1.807) is 30.3 Å². The van der Waals surface area contributed by atoms with Gasteiger partial charge in [-0.15, -0.1) is 0 Å². The van der Waals surface area contributed by atoms with Crippen molar-refractivity contribution in [1.82, 2.24) is 9.97 Å². The maximum atomic E-state index is 14.0. The molecule has 1 aromatic heterocycles. The van der Waals surface area contributed by atoms with Crippen LogP contribution in [0.5, 0.6) is 0 Å². The fraction of sp³-hybridized carbons (Fsp3) is 0. The molecule has 0 atom stereocenters. The van der Waals surface area contributed by atoms with Crippen LogP contribution < -0.4 is 0 Å². The summed E-state index contributed by atoms with van der Waals surface area (Å²) in [4.78, 5) is 6.98. The van der Waals surface area contributed by atoms with Gasteiger partial charge in [-0.25, -0.2) is 13.8 Å². The molecule has 0 bridgehead atoms. The molecule has 0 aliphatic carbocycles. The molecule has 0 aliphatic heterocycles. The molecular weight excluding hydrogens is 248 g/mol. The molecule has 0 amide bonds. The largest absolute Gasteiger partial charge is 0.338 e. The molecule has 3 nitrogen and oxygen atoms in total. The van der Waals surface area contributed by atoms with Crippen molar-refractivity contribution in [2.24, 2.45) is 0 Å². The number of fused-ring (bicyclic) bond motifs is 1. The van der Waals surface area contributed by atoms with Gasteiger partial charge in [0.15, 0.2) is 5.82 Å². The Morgan fingerprint density at radius 1 is 1.11 bits per heavy atom. The predicted octanol–water partition coefficient (Wildman–Crippen LogP) is 3.38. The molecule has 0 spiro atoms. The van der Waals surface area contributed by atoms with Crippen LogP contribution in [0.4, 0.5) is 8.78 Å². The minimum absolute atomic E-state index is 0.0771. The number of aromatic nitrogens is 2. The van der Waals surface area contributed by atoms with Gasteiger partial charge >= 0.3 is 0 Å². The summed E-state index contributed by atoms with van der Waals surface area (Å²) in [6, 6.07) is 10.9. The van der Waals surface area contributed by atoms with E-state index in [1.165, 1.54) is 0 Å². The van der Waals surface area contributed by atoms with Crippen molar-refractivity contribution in [3.8, 4) is 17.5 Å². The molecule has 1 heterocycles. The van der Waals surface area contributed by atoms with Crippen molar-refractivity contribution >= 4 is 11.0 Å². The van der Waals surface area contributed by atoms with E-state index in [-0.39, 0.29) is 17.0 Å². The van der Waals surface area contributed by atoms with E-state index in [0.717, 1.165) is 12.1 Å². The Kier molecular flexibility index (Phi) is 2.50. The first kappa shape index (κ1) is 11.4. The minimum atomic E-state index is -0.901. The summed E-state index contributed by atoms with van der Waals surface area (Å²) in [6.45, 7) is 0. The maximum absolute atomic E-state index is 14.0. The van der Waals surface area contributed by atoms with Crippen LogP contribution in [0.15, 0.2) is 36.4 Å². The van der Waals surface area contributed by atoms with E-state index in [0.29, 0.717) is 11.0 Å². The number of H-pyrrole nitrogens is 1. The number of imidazole rings is 1. The van der Waals surface area contributed by atoms with E-state index in [9.17, 15) is 8.78 Å². The number of para-hydroxylation sites is 2. The number of rotatable bonds is 1. The normalized spacial score (nSPS) is 10.6. The smallest absolute Gasteiger partial charge is 0.154 e. The van der Waals surface area contributed by atoms with Gasteiger partial charge in [0.2, 0.25) is 0 Å². The first-order chi connectivity index (χ1) is 9.20. The van der Waals surface area contributed by atoms with Crippen LogP contribution in [0.2, 0.25) is 0 Å². The van der Waals surface area contributed by atoms with Crippen LogP contribution in [0.25, 0.3) is 22.4 Å². The second kappa shape index (κ2) is 4.18. The molecule has 0 unspecified atom stereocenters. The van der Waals surface area contributed by atoms with Crippen LogP contribution >= 0.6 is 0 Å². The number of nitrogens with zero attached hydrogens (tertiary/aromatic N) is 2. The molecule has 3 rings (SSSR count). The fourth-order valence-electron chi connectivity index (χ4n) is 1.93. The SMILES string of the molecule is N#Cc1ccc(F)c(-c2nc3ccccc3[nH]2)c1F. The van der Waals surface area contributed by atoms with Gasteiger partial charge < -0.3 is 4.98 Å². The molecular formula is C14H7F2N3. The molecule has 2 aromatic carbocycles. The third-order valence-electron chi connectivity index (χ3n) is 2.84. The Morgan fingerprint density at radius 2 is 1.89 bits per heavy atom. The van der Waals surface area contributed by atoms with Crippen LogP contribution in [0.3, 0.4) is 0 Å². The molecule has 0 saturated carbocycles. The summed E-state index contributed by atoms with van der Waals surface area (Å²) in [5.41, 5.74) is 0.768. The van der Waals surface area contributed by atoms with Gasteiger partial charge in [-0.1, -0.05) is 12.1 Å². The van der Waals surface area contributed by atoms with Crippen LogP contribution in [0.1, 0.15) is 5.56 Å². The lowest BCUT2D eigenvalue weighted by atomic mass is 10.1. The Bertz CT molecular complexity index is 782. The van der Waals surface area contributed by atoms with Gasteiger partial charge in [-0.05, 0) is 24.3 Å². The summed E-state index contributed by atoms with van der Waals surface area (Å²) >= 11 is 0. The van der Waals surface area contributed by atoms with Crippen LogP contribution in [-0.2, 0) is 0 Å². The number of benzene rings is 2.